The Bertz CT molecular complexity index is 570. The lowest BCUT2D eigenvalue weighted by Crippen LogP contribution is -2.13. The Labute approximate surface area is 108 Å². The highest BCUT2D eigenvalue weighted by molar-refractivity contribution is 5.54. The molecule has 96 valence electrons. The molecule has 0 saturated heterocycles. The van der Waals surface area contributed by atoms with Crippen molar-refractivity contribution in [1.29, 1.82) is 0 Å². The fraction of sp³-hybridized carbons (Fsp3) is 0.533. The second kappa shape index (κ2) is 4.30. The average molecular weight is 243 g/mol. The monoisotopic (exact) mass is 243 g/mol. The van der Waals surface area contributed by atoms with Crippen LogP contribution in [0.15, 0.2) is 18.3 Å². The standard InChI is InChI=1S/C15H21N3/c1-10-4-3-5-12(8-10)14-15(16)18-7-6-11(2)9-13(18)17-14/h6-7,9-10,12H,3-5,8,16H2,1-2H3. The van der Waals surface area contributed by atoms with Crippen LogP contribution in [0, 0.1) is 12.8 Å². The first-order valence-corrected chi connectivity index (χ1v) is 6.89. The summed E-state index contributed by atoms with van der Waals surface area (Å²) in [6.45, 7) is 4.43. The van der Waals surface area contributed by atoms with Crippen LogP contribution in [0.4, 0.5) is 5.82 Å². The van der Waals surface area contributed by atoms with Crippen molar-refractivity contribution in [2.24, 2.45) is 5.92 Å². The summed E-state index contributed by atoms with van der Waals surface area (Å²) in [5, 5.41) is 0. The quantitative estimate of drug-likeness (QED) is 0.832. The van der Waals surface area contributed by atoms with Gasteiger partial charge < -0.3 is 5.73 Å². The smallest absolute Gasteiger partial charge is 0.138 e. The summed E-state index contributed by atoms with van der Waals surface area (Å²) in [6, 6.07) is 4.18. The van der Waals surface area contributed by atoms with E-state index in [0.717, 1.165) is 23.1 Å². The molecule has 2 aromatic heterocycles. The highest BCUT2D eigenvalue weighted by Gasteiger charge is 2.25. The molecule has 0 radical (unpaired) electrons. The molecule has 2 aromatic rings. The molecule has 2 N–H and O–H groups in total. The Balaban J connectivity index is 2.03. The largest absolute Gasteiger partial charge is 0.383 e. The van der Waals surface area contributed by atoms with Crippen molar-refractivity contribution in [2.45, 2.75) is 45.4 Å². The molecule has 1 aliphatic rings. The summed E-state index contributed by atoms with van der Waals surface area (Å²) in [7, 11) is 0. The third-order valence-electron chi connectivity index (χ3n) is 4.17. The number of imidazole rings is 1. The number of hydrogen-bond acceptors (Lipinski definition) is 2. The Morgan fingerprint density at radius 3 is 3.00 bits per heavy atom. The summed E-state index contributed by atoms with van der Waals surface area (Å²) < 4.78 is 2.02. The lowest BCUT2D eigenvalue weighted by atomic mass is 9.81. The minimum atomic E-state index is 0.550. The van der Waals surface area contributed by atoms with Crippen molar-refractivity contribution in [2.75, 3.05) is 5.73 Å². The molecule has 0 bridgehead atoms. The van der Waals surface area contributed by atoms with Crippen molar-refractivity contribution in [3.05, 3.63) is 29.6 Å². The number of hydrogen-bond donors (Lipinski definition) is 1. The first-order valence-electron chi connectivity index (χ1n) is 6.89. The maximum Gasteiger partial charge on any atom is 0.138 e. The number of aromatic nitrogens is 2. The molecule has 3 nitrogen and oxygen atoms in total. The zero-order valence-electron chi connectivity index (χ0n) is 11.2. The van der Waals surface area contributed by atoms with Gasteiger partial charge in [0.05, 0.1) is 5.69 Å². The van der Waals surface area contributed by atoms with Crippen LogP contribution < -0.4 is 5.73 Å². The molecule has 0 amide bonds. The van der Waals surface area contributed by atoms with Gasteiger partial charge in [0.15, 0.2) is 0 Å². The van der Waals surface area contributed by atoms with E-state index in [1.807, 2.05) is 10.6 Å². The zero-order valence-corrected chi connectivity index (χ0v) is 11.2. The number of nitrogen functional groups attached to an aromatic ring is 1. The number of rotatable bonds is 1. The first-order chi connectivity index (χ1) is 8.65. The summed E-state index contributed by atoms with van der Waals surface area (Å²) in [4.78, 5) is 4.77. The molecule has 3 rings (SSSR count). The van der Waals surface area contributed by atoms with Crippen LogP contribution in [0.25, 0.3) is 5.65 Å². The summed E-state index contributed by atoms with van der Waals surface area (Å²) in [5.74, 6) is 2.19. The van der Waals surface area contributed by atoms with Crippen LogP contribution in [-0.2, 0) is 0 Å². The van der Waals surface area contributed by atoms with Crippen molar-refractivity contribution in [3.8, 4) is 0 Å². The van der Waals surface area contributed by atoms with E-state index in [9.17, 15) is 0 Å². The van der Waals surface area contributed by atoms with Gasteiger partial charge in [0.2, 0.25) is 0 Å². The van der Waals surface area contributed by atoms with Gasteiger partial charge in [-0.2, -0.15) is 0 Å². The SMILES string of the molecule is Cc1ccn2c(N)c(C3CCCC(C)C3)nc2c1. The van der Waals surface area contributed by atoms with Crippen LogP contribution >= 0.6 is 0 Å². The molecule has 2 unspecified atom stereocenters. The van der Waals surface area contributed by atoms with Crippen LogP contribution in [0.5, 0.6) is 0 Å². The zero-order chi connectivity index (χ0) is 12.7. The molecule has 2 heterocycles. The molecule has 1 aliphatic carbocycles. The Kier molecular flexibility index (Phi) is 2.77. The van der Waals surface area contributed by atoms with Crippen molar-refractivity contribution < 1.29 is 0 Å². The summed E-state index contributed by atoms with van der Waals surface area (Å²) in [5.41, 5.74) is 9.60. The molecular formula is C15H21N3. The number of pyridine rings is 1. The van der Waals surface area contributed by atoms with Gasteiger partial charge >= 0.3 is 0 Å². The van der Waals surface area contributed by atoms with Gasteiger partial charge in [-0.25, -0.2) is 4.98 Å². The van der Waals surface area contributed by atoms with Crippen LogP contribution in [0.3, 0.4) is 0 Å². The second-order valence-corrected chi connectivity index (χ2v) is 5.78. The van der Waals surface area contributed by atoms with Gasteiger partial charge in [-0.05, 0) is 43.4 Å². The van der Waals surface area contributed by atoms with Crippen LogP contribution in [-0.4, -0.2) is 9.38 Å². The van der Waals surface area contributed by atoms with Crippen LogP contribution in [0.1, 0.15) is 49.8 Å². The molecule has 18 heavy (non-hydrogen) atoms. The Morgan fingerprint density at radius 2 is 2.22 bits per heavy atom. The molecule has 0 aliphatic heterocycles. The molecule has 1 saturated carbocycles. The third-order valence-corrected chi connectivity index (χ3v) is 4.17. The fourth-order valence-electron chi connectivity index (χ4n) is 3.17. The Hall–Kier alpha value is -1.51. The van der Waals surface area contributed by atoms with E-state index in [-0.39, 0.29) is 0 Å². The highest BCUT2D eigenvalue weighted by atomic mass is 15.1. The lowest BCUT2D eigenvalue weighted by molar-refractivity contribution is 0.341. The van der Waals surface area contributed by atoms with Gasteiger partial charge in [-0.3, -0.25) is 4.40 Å². The van der Waals surface area contributed by atoms with Crippen LogP contribution in [0.2, 0.25) is 0 Å². The number of nitrogens with zero attached hydrogens (tertiary/aromatic N) is 2. The molecule has 1 fully saturated rings. The number of anilines is 1. The molecular weight excluding hydrogens is 222 g/mol. The normalized spacial score (nSPS) is 24.6. The maximum absolute atomic E-state index is 6.27. The third kappa shape index (κ3) is 1.88. The molecule has 3 heteroatoms. The summed E-state index contributed by atoms with van der Waals surface area (Å²) >= 11 is 0. The average Bonchev–Trinajstić information content (AvgIpc) is 2.66. The van der Waals surface area contributed by atoms with E-state index in [1.54, 1.807) is 0 Å². The molecule has 0 spiro atoms. The summed E-state index contributed by atoms with van der Waals surface area (Å²) in [6.07, 6.45) is 7.15. The molecule has 2 atom stereocenters. The second-order valence-electron chi connectivity index (χ2n) is 5.78. The minimum absolute atomic E-state index is 0.550. The van der Waals surface area contributed by atoms with E-state index in [1.165, 1.54) is 31.2 Å². The Morgan fingerprint density at radius 1 is 1.39 bits per heavy atom. The number of aryl methyl sites for hydroxylation is 1. The topological polar surface area (TPSA) is 43.3 Å². The van der Waals surface area contributed by atoms with Crippen molar-refractivity contribution in [3.63, 3.8) is 0 Å². The predicted molar refractivity (Wildman–Crippen MR) is 74.7 cm³/mol. The first kappa shape index (κ1) is 11.6. The van der Waals surface area contributed by atoms with Crippen molar-refractivity contribution >= 4 is 11.5 Å². The molecule has 0 aromatic carbocycles. The van der Waals surface area contributed by atoms with Gasteiger partial charge in [0.25, 0.3) is 0 Å². The van der Waals surface area contributed by atoms with E-state index in [2.05, 4.69) is 26.0 Å². The maximum atomic E-state index is 6.27. The van der Waals surface area contributed by atoms with Crippen molar-refractivity contribution in [1.82, 2.24) is 9.38 Å². The van der Waals surface area contributed by atoms with E-state index >= 15 is 0 Å². The number of nitrogens with two attached hydrogens (primary N) is 1. The number of fused-ring (bicyclic) bond motifs is 1. The highest BCUT2D eigenvalue weighted by Crippen LogP contribution is 2.37. The van der Waals surface area contributed by atoms with Gasteiger partial charge in [-0.1, -0.05) is 19.8 Å². The fourth-order valence-corrected chi connectivity index (χ4v) is 3.17. The lowest BCUT2D eigenvalue weighted by Gasteiger charge is -2.25. The van der Waals surface area contributed by atoms with Gasteiger partial charge in [0.1, 0.15) is 11.5 Å². The van der Waals surface area contributed by atoms with E-state index < -0.39 is 0 Å². The minimum Gasteiger partial charge on any atom is -0.383 e. The van der Waals surface area contributed by atoms with E-state index in [0.29, 0.717) is 5.92 Å². The van der Waals surface area contributed by atoms with E-state index in [4.69, 9.17) is 10.7 Å². The van der Waals surface area contributed by atoms with Gasteiger partial charge in [-0.15, -0.1) is 0 Å². The van der Waals surface area contributed by atoms with Gasteiger partial charge in [0, 0.05) is 12.1 Å². The predicted octanol–water partition coefficient (Wildman–Crippen LogP) is 3.52.